The summed E-state index contributed by atoms with van der Waals surface area (Å²) < 4.78 is 10.6. The zero-order valence-electron chi connectivity index (χ0n) is 15.9. The summed E-state index contributed by atoms with van der Waals surface area (Å²) in [5.74, 6) is 10.6. The minimum atomic E-state index is -1.55. The van der Waals surface area contributed by atoms with E-state index in [1.807, 2.05) is 36.4 Å². The molecular weight excluding hydrogens is 340 g/mol. The van der Waals surface area contributed by atoms with E-state index in [4.69, 9.17) is 9.47 Å². The highest BCUT2D eigenvalue weighted by Gasteiger charge is 2.12. The highest BCUT2D eigenvalue weighted by atomic mass is 28.3. The average molecular weight is 365 g/mol. The molecule has 134 valence electrons. The Labute approximate surface area is 157 Å². The molecule has 3 nitrogen and oxygen atoms in total. The van der Waals surface area contributed by atoms with E-state index >= 15 is 0 Å². The van der Waals surface area contributed by atoms with Gasteiger partial charge in [0.2, 0.25) is 0 Å². The van der Waals surface area contributed by atoms with Crippen molar-refractivity contribution in [3.63, 3.8) is 0 Å². The van der Waals surface area contributed by atoms with Gasteiger partial charge in [0, 0.05) is 17.2 Å². The first kappa shape index (κ1) is 19.7. The number of methoxy groups -OCH3 is 2. The quantitative estimate of drug-likeness (QED) is 0.660. The maximum Gasteiger partial charge on any atom is 0.140 e. The lowest BCUT2D eigenvalue weighted by Crippen LogP contribution is -2.17. The number of hydrogen-bond donors (Lipinski definition) is 1. The van der Waals surface area contributed by atoms with Crippen LogP contribution in [0.4, 0.5) is 0 Å². The van der Waals surface area contributed by atoms with Crippen LogP contribution in [0.25, 0.3) is 0 Å². The van der Waals surface area contributed by atoms with Gasteiger partial charge in [-0.2, -0.15) is 0 Å². The van der Waals surface area contributed by atoms with E-state index < -0.39 is 14.2 Å². The maximum atomic E-state index is 10.5. The molecule has 0 heterocycles. The summed E-state index contributed by atoms with van der Waals surface area (Å²) >= 11 is 0. The zero-order chi connectivity index (χ0) is 19.2. The highest BCUT2D eigenvalue weighted by Crippen LogP contribution is 2.24. The summed E-state index contributed by atoms with van der Waals surface area (Å²) in [5.41, 5.74) is 5.44. The molecule has 2 aromatic rings. The Morgan fingerprint density at radius 2 is 1.62 bits per heavy atom. The lowest BCUT2D eigenvalue weighted by atomic mass is 10.0. The first-order valence-corrected chi connectivity index (χ1v) is 11.9. The molecule has 0 aromatic heterocycles. The fraction of sp³-hybridized carbons (Fsp3) is 0.273. The number of rotatable bonds is 3. The lowest BCUT2D eigenvalue weighted by molar-refractivity contribution is 0.238. The minimum absolute atomic E-state index is 0.647. The van der Waals surface area contributed by atoms with Gasteiger partial charge in [-0.25, -0.2) is 0 Å². The molecule has 1 unspecified atom stereocenters. The van der Waals surface area contributed by atoms with Gasteiger partial charge in [-0.1, -0.05) is 55.6 Å². The van der Waals surface area contributed by atoms with Crippen LogP contribution in [0, 0.1) is 23.3 Å². The second kappa shape index (κ2) is 8.63. The fourth-order valence-corrected chi connectivity index (χ4v) is 2.82. The summed E-state index contributed by atoms with van der Waals surface area (Å²) in [6.45, 7) is 6.44. The molecule has 0 aliphatic heterocycles. The molecule has 0 spiro atoms. The van der Waals surface area contributed by atoms with Crippen LogP contribution in [0.5, 0.6) is 11.5 Å². The third-order valence-corrected chi connectivity index (χ3v) is 4.47. The number of aliphatic hydroxyl groups excluding tert-OH is 1. The van der Waals surface area contributed by atoms with Crippen molar-refractivity contribution in [2.75, 3.05) is 14.2 Å². The predicted molar refractivity (Wildman–Crippen MR) is 108 cm³/mol. The molecule has 2 aromatic carbocycles. The first-order valence-electron chi connectivity index (χ1n) is 8.38. The molecule has 0 saturated heterocycles. The SMILES string of the molecule is COc1ccc(C#Cc2ccccc2C(O)C#C[Si](C)(C)C)c(OC)c1. The van der Waals surface area contributed by atoms with Crippen LogP contribution in [0.15, 0.2) is 42.5 Å². The molecule has 0 saturated carbocycles. The van der Waals surface area contributed by atoms with E-state index in [-0.39, 0.29) is 0 Å². The van der Waals surface area contributed by atoms with Crippen molar-refractivity contribution in [1.82, 2.24) is 0 Å². The van der Waals surface area contributed by atoms with Gasteiger partial charge in [0.05, 0.1) is 19.8 Å². The molecule has 0 aliphatic rings. The monoisotopic (exact) mass is 364 g/mol. The molecule has 0 aliphatic carbocycles. The van der Waals surface area contributed by atoms with Crippen LogP contribution in [-0.2, 0) is 0 Å². The Bertz CT molecular complexity index is 889. The van der Waals surface area contributed by atoms with Gasteiger partial charge in [-0.3, -0.25) is 0 Å². The third kappa shape index (κ3) is 5.42. The molecule has 2 rings (SSSR count). The number of benzene rings is 2. The van der Waals surface area contributed by atoms with Gasteiger partial charge in [-0.15, -0.1) is 5.54 Å². The number of ether oxygens (including phenoxy) is 2. The van der Waals surface area contributed by atoms with Crippen molar-refractivity contribution in [3.8, 4) is 34.8 Å². The van der Waals surface area contributed by atoms with Gasteiger partial charge in [0.15, 0.2) is 0 Å². The summed E-state index contributed by atoms with van der Waals surface area (Å²) in [6, 6.07) is 13.0. The van der Waals surface area contributed by atoms with Crippen molar-refractivity contribution in [3.05, 3.63) is 59.2 Å². The van der Waals surface area contributed by atoms with Crippen LogP contribution in [0.2, 0.25) is 19.6 Å². The van der Waals surface area contributed by atoms with Crippen LogP contribution < -0.4 is 9.47 Å². The van der Waals surface area contributed by atoms with Crippen LogP contribution in [0.3, 0.4) is 0 Å². The Morgan fingerprint density at radius 1 is 0.923 bits per heavy atom. The van der Waals surface area contributed by atoms with Crippen molar-refractivity contribution in [2.45, 2.75) is 25.7 Å². The van der Waals surface area contributed by atoms with E-state index in [9.17, 15) is 5.11 Å². The Balaban J connectivity index is 2.38. The summed E-state index contributed by atoms with van der Waals surface area (Å²) in [6.07, 6.45) is -0.843. The number of hydrogen-bond acceptors (Lipinski definition) is 3. The summed E-state index contributed by atoms with van der Waals surface area (Å²) in [7, 11) is 1.66. The second-order valence-electron chi connectivity index (χ2n) is 6.83. The van der Waals surface area contributed by atoms with E-state index in [1.54, 1.807) is 20.3 Å². The normalized spacial score (nSPS) is 11.5. The van der Waals surface area contributed by atoms with E-state index in [0.717, 1.165) is 16.7 Å². The van der Waals surface area contributed by atoms with E-state index in [2.05, 4.69) is 42.9 Å². The van der Waals surface area contributed by atoms with Gasteiger partial charge < -0.3 is 14.6 Å². The Morgan fingerprint density at radius 3 is 2.27 bits per heavy atom. The molecule has 1 N–H and O–H groups in total. The van der Waals surface area contributed by atoms with Crippen molar-refractivity contribution in [1.29, 1.82) is 0 Å². The first-order chi connectivity index (χ1) is 12.3. The fourth-order valence-electron chi connectivity index (χ4n) is 2.25. The average Bonchev–Trinajstić information content (AvgIpc) is 2.63. The summed E-state index contributed by atoms with van der Waals surface area (Å²) in [4.78, 5) is 0. The Kier molecular flexibility index (Phi) is 6.52. The molecule has 4 heteroatoms. The lowest BCUT2D eigenvalue weighted by Gasteiger charge is -2.09. The molecule has 0 fully saturated rings. The third-order valence-electron chi connectivity index (χ3n) is 3.58. The smallest absolute Gasteiger partial charge is 0.140 e. The maximum absolute atomic E-state index is 10.5. The molecular formula is C22H24O3Si. The zero-order valence-corrected chi connectivity index (χ0v) is 16.9. The van der Waals surface area contributed by atoms with Crippen LogP contribution >= 0.6 is 0 Å². The van der Waals surface area contributed by atoms with Gasteiger partial charge in [0.25, 0.3) is 0 Å². The Hall–Kier alpha value is -2.66. The largest absolute Gasteiger partial charge is 0.497 e. The predicted octanol–water partition coefficient (Wildman–Crippen LogP) is 4.02. The second-order valence-corrected chi connectivity index (χ2v) is 11.6. The van der Waals surface area contributed by atoms with Crippen LogP contribution in [-0.4, -0.2) is 27.4 Å². The number of aliphatic hydroxyl groups is 1. The van der Waals surface area contributed by atoms with Crippen molar-refractivity contribution >= 4 is 8.07 Å². The van der Waals surface area contributed by atoms with E-state index in [0.29, 0.717) is 11.5 Å². The molecule has 0 amide bonds. The topological polar surface area (TPSA) is 38.7 Å². The van der Waals surface area contributed by atoms with E-state index in [1.165, 1.54) is 0 Å². The summed E-state index contributed by atoms with van der Waals surface area (Å²) in [5, 5.41) is 10.5. The van der Waals surface area contributed by atoms with Crippen molar-refractivity contribution < 1.29 is 14.6 Å². The van der Waals surface area contributed by atoms with Gasteiger partial charge >= 0.3 is 0 Å². The van der Waals surface area contributed by atoms with Gasteiger partial charge in [0.1, 0.15) is 25.7 Å². The molecule has 0 radical (unpaired) electrons. The van der Waals surface area contributed by atoms with Gasteiger partial charge in [-0.05, 0) is 18.2 Å². The highest BCUT2D eigenvalue weighted by molar-refractivity contribution is 6.83. The molecule has 26 heavy (non-hydrogen) atoms. The standard InChI is InChI=1S/C22H24O3Si/c1-24-19-13-12-18(22(16-19)25-2)11-10-17-8-6-7-9-20(17)21(23)14-15-26(3,4)5/h6-9,12-13,16,21,23H,1-5H3. The minimum Gasteiger partial charge on any atom is -0.497 e. The molecule has 0 bridgehead atoms. The van der Waals surface area contributed by atoms with Crippen molar-refractivity contribution in [2.24, 2.45) is 0 Å². The molecule has 1 atom stereocenters. The van der Waals surface area contributed by atoms with Crippen LogP contribution in [0.1, 0.15) is 22.8 Å².